The maximum Gasteiger partial charge on any atom is 0.307 e. The van der Waals surface area contributed by atoms with E-state index in [0.717, 1.165) is 0 Å². The highest BCUT2D eigenvalue weighted by molar-refractivity contribution is 5.74. The molecular weight excluding hydrogens is 160 g/mol. The van der Waals surface area contributed by atoms with E-state index in [4.69, 9.17) is 14.6 Å². The molecule has 1 aliphatic rings. The van der Waals surface area contributed by atoms with Crippen LogP contribution in [-0.4, -0.2) is 38.5 Å². The van der Waals surface area contributed by atoms with Crippen molar-refractivity contribution in [3.05, 3.63) is 0 Å². The first-order valence-electron chi connectivity index (χ1n) is 3.87. The Hall–Kier alpha value is -0.610. The molecular formula is C8H14O4. The number of carboxylic acids is 1. The Morgan fingerprint density at radius 2 is 2.00 bits per heavy atom. The summed E-state index contributed by atoms with van der Waals surface area (Å²) in [5.74, 6) is -1.03. The zero-order valence-corrected chi connectivity index (χ0v) is 7.37. The van der Waals surface area contributed by atoms with Gasteiger partial charge < -0.3 is 14.6 Å². The van der Waals surface area contributed by atoms with Crippen LogP contribution in [0.1, 0.15) is 6.42 Å². The second-order valence-electron chi connectivity index (χ2n) is 3.32. The molecule has 1 fully saturated rings. The first kappa shape index (κ1) is 9.48. The Morgan fingerprint density at radius 1 is 1.50 bits per heavy atom. The van der Waals surface area contributed by atoms with Gasteiger partial charge in [0.15, 0.2) is 0 Å². The number of carbonyl (C=O) groups is 1. The SMILES string of the molecule is COCC1(COC)CC1C(=O)O. The fourth-order valence-electron chi connectivity index (χ4n) is 1.63. The van der Waals surface area contributed by atoms with E-state index in [-0.39, 0.29) is 11.3 Å². The molecule has 1 saturated carbocycles. The zero-order valence-electron chi connectivity index (χ0n) is 7.37. The number of rotatable bonds is 5. The number of hydrogen-bond donors (Lipinski definition) is 1. The molecule has 0 saturated heterocycles. The van der Waals surface area contributed by atoms with Crippen molar-refractivity contribution < 1.29 is 19.4 Å². The van der Waals surface area contributed by atoms with Gasteiger partial charge in [-0.25, -0.2) is 0 Å². The van der Waals surface area contributed by atoms with Gasteiger partial charge in [-0.1, -0.05) is 0 Å². The summed E-state index contributed by atoms with van der Waals surface area (Å²) in [6.45, 7) is 0.940. The standard InChI is InChI=1S/C8H14O4/c1-11-4-8(5-12-2)3-6(8)7(9)10/h6H,3-5H2,1-2H3,(H,9,10). The largest absolute Gasteiger partial charge is 0.481 e. The summed E-state index contributed by atoms with van der Waals surface area (Å²) in [6.07, 6.45) is 0.671. The van der Waals surface area contributed by atoms with Crippen molar-refractivity contribution in [2.45, 2.75) is 6.42 Å². The summed E-state index contributed by atoms with van der Waals surface area (Å²) in [7, 11) is 3.16. The molecule has 0 heterocycles. The van der Waals surface area contributed by atoms with Gasteiger partial charge in [-0.05, 0) is 6.42 Å². The molecule has 4 nitrogen and oxygen atoms in total. The van der Waals surface area contributed by atoms with Gasteiger partial charge in [0.05, 0.1) is 19.1 Å². The lowest BCUT2D eigenvalue weighted by Gasteiger charge is -2.13. The topological polar surface area (TPSA) is 55.8 Å². The molecule has 0 spiro atoms. The first-order chi connectivity index (χ1) is 5.66. The van der Waals surface area contributed by atoms with Crippen molar-refractivity contribution in [1.82, 2.24) is 0 Å². The summed E-state index contributed by atoms with van der Waals surface area (Å²) in [6, 6.07) is 0. The zero-order chi connectivity index (χ0) is 9.19. The van der Waals surface area contributed by atoms with Crippen LogP contribution in [0.4, 0.5) is 0 Å². The van der Waals surface area contributed by atoms with Crippen LogP contribution in [0.25, 0.3) is 0 Å². The van der Waals surface area contributed by atoms with E-state index in [9.17, 15) is 4.79 Å². The summed E-state index contributed by atoms with van der Waals surface area (Å²) >= 11 is 0. The first-order valence-corrected chi connectivity index (χ1v) is 3.87. The average molecular weight is 174 g/mol. The molecule has 12 heavy (non-hydrogen) atoms. The fourth-order valence-corrected chi connectivity index (χ4v) is 1.63. The molecule has 4 heteroatoms. The summed E-state index contributed by atoms with van der Waals surface area (Å²) in [4.78, 5) is 10.6. The smallest absolute Gasteiger partial charge is 0.307 e. The third kappa shape index (κ3) is 1.59. The van der Waals surface area contributed by atoms with Crippen LogP contribution < -0.4 is 0 Å². The van der Waals surface area contributed by atoms with Crippen molar-refractivity contribution >= 4 is 5.97 Å². The molecule has 0 radical (unpaired) electrons. The van der Waals surface area contributed by atoms with E-state index in [2.05, 4.69) is 0 Å². The van der Waals surface area contributed by atoms with Crippen molar-refractivity contribution in [1.29, 1.82) is 0 Å². The monoisotopic (exact) mass is 174 g/mol. The lowest BCUT2D eigenvalue weighted by Crippen LogP contribution is -2.21. The van der Waals surface area contributed by atoms with Crippen LogP contribution >= 0.6 is 0 Å². The van der Waals surface area contributed by atoms with E-state index in [0.29, 0.717) is 19.6 Å². The minimum absolute atomic E-state index is 0.255. The van der Waals surface area contributed by atoms with Crippen molar-refractivity contribution in [3.63, 3.8) is 0 Å². The minimum atomic E-state index is -0.746. The quantitative estimate of drug-likeness (QED) is 0.654. The highest BCUT2D eigenvalue weighted by atomic mass is 16.5. The Kier molecular flexibility index (Phi) is 2.69. The van der Waals surface area contributed by atoms with Crippen molar-refractivity contribution in [3.8, 4) is 0 Å². The second kappa shape index (κ2) is 3.41. The van der Waals surface area contributed by atoms with Crippen LogP contribution in [0.2, 0.25) is 0 Å². The maximum atomic E-state index is 10.6. The van der Waals surface area contributed by atoms with Gasteiger partial charge in [-0.2, -0.15) is 0 Å². The number of carboxylic acid groups (broad SMARTS) is 1. The molecule has 0 aliphatic heterocycles. The minimum Gasteiger partial charge on any atom is -0.481 e. The number of methoxy groups -OCH3 is 2. The van der Waals surface area contributed by atoms with E-state index >= 15 is 0 Å². The molecule has 1 atom stereocenters. The van der Waals surface area contributed by atoms with Crippen LogP contribution in [0.5, 0.6) is 0 Å². The van der Waals surface area contributed by atoms with Gasteiger partial charge >= 0.3 is 5.97 Å². The number of ether oxygens (including phenoxy) is 2. The van der Waals surface area contributed by atoms with Gasteiger partial charge in [0.2, 0.25) is 0 Å². The number of hydrogen-bond acceptors (Lipinski definition) is 3. The van der Waals surface area contributed by atoms with E-state index < -0.39 is 5.97 Å². The highest BCUT2D eigenvalue weighted by Crippen LogP contribution is 2.52. The normalized spacial score (nSPS) is 25.3. The van der Waals surface area contributed by atoms with Gasteiger partial charge in [-0.3, -0.25) is 4.79 Å². The highest BCUT2D eigenvalue weighted by Gasteiger charge is 2.58. The summed E-state index contributed by atoms with van der Waals surface area (Å²) in [5.41, 5.74) is -0.255. The van der Waals surface area contributed by atoms with Crippen LogP contribution in [0.15, 0.2) is 0 Å². The average Bonchev–Trinajstić information content (AvgIpc) is 2.65. The molecule has 0 aromatic rings. The van der Waals surface area contributed by atoms with Gasteiger partial charge in [-0.15, -0.1) is 0 Å². The molecule has 70 valence electrons. The predicted octanol–water partition coefficient (Wildman–Crippen LogP) is 0.370. The van der Waals surface area contributed by atoms with Crippen LogP contribution in [0.3, 0.4) is 0 Å². The van der Waals surface area contributed by atoms with E-state index in [1.54, 1.807) is 14.2 Å². The number of aliphatic carboxylic acids is 1. The lowest BCUT2D eigenvalue weighted by atomic mass is 10.1. The van der Waals surface area contributed by atoms with Crippen molar-refractivity contribution in [2.75, 3.05) is 27.4 Å². The summed E-state index contributed by atoms with van der Waals surface area (Å²) in [5, 5.41) is 8.73. The molecule has 0 aromatic heterocycles. The predicted molar refractivity (Wildman–Crippen MR) is 41.9 cm³/mol. The third-order valence-corrected chi connectivity index (χ3v) is 2.35. The van der Waals surface area contributed by atoms with Gasteiger partial charge in [0, 0.05) is 19.6 Å². The lowest BCUT2D eigenvalue weighted by molar-refractivity contribution is -0.140. The Morgan fingerprint density at radius 3 is 2.25 bits per heavy atom. The fraction of sp³-hybridized carbons (Fsp3) is 0.875. The molecule has 0 aromatic carbocycles. The molecule has 1 unspecified atom stereocenters. The Bertz CT molecular complexity index is 172. The Balaban J connectivity index is 2.49. The van der Waals surface area contributed by atoms with Gasteiger partial charge in [0.1, 0.15) is 0 Å². The summed E-state index contributed by atoms with van der Waals surface area (Å²) < 4.78 is 9.92. The maximum absolute atomic E-state index is 10.6. The van der Waals surface area contributed by atoms with E-state index in [1.807, 2.05) is 0 Å². The van der Waals surface area contributed by atoms with E-state index in [1.165, 1.54) is 0 Å². The molecule has 1 aliphatic carbocycles. The molecule has 0 bridgehead atoms. The van der Waals surface area contributed by atoms with Crippen LogP contribution in [0, 0.1) is 11.3 Å². The molecule has 1 rings (SSSR count). The molecule has 1 N–H and O–H groups in total. The third-order valence-electron chi connectivity index (χ3n) is 2.35. The molecule has 0 amide bonds. The van der Waals surface area contributed by atoms with Crippen LogP contribution in [-0.2, 0) is 14.3 Å². The van der Waals surface area contributed by atoms with Gasteiger partial charge in [0.25, 0.3) is 0 Å². The Labute approximate surface area is 71.5 Å². The second-order valence-corrected chi connectivity index (χ2v) is 3.32. The van der Waals surface area contributed by atoms with Crippen molar-refractivity contribution in [2.24, 2.45) is 11.3 Å².